The zero-order valence-corrected chi connectivity index (χ0v) is 19.0. The van der Waals surface area contributed by atoms with E-state index in [0.29, 0.717) is 5.02 Å². The highest BCUT2D eigenvalue weighted by Crippen LogP contribution is 2.30. The summed E-state index contributed by atoms with van der Waals surface area (Å²) in [4.78, 5) is 4.90. The predicted molar refractivity (Wildman–Crippen MR) is 126 cm³/mol. The summed E-state index contributed by atoms with van der Waals surface area (Å²) >= 11 is 6.50. The number of halogens is 1. The van der Waals surface area contributed by atoms with Crippen molar-refractivity contribution in [1.82, 2.24) is 24.9 Å². The molecule has 2 aromatic carbocycles. The summed E-state index contributed by atoms with van der Waals surface area (Å²) in [6.45, 7) is 7.30. The molecule has 0 aliphatic carbocycles. The molecule has 0 saturated carbocycles. The largest absolute Gasteiger partial charge is 0.497 e. The molecule has 7 heteroatoms. The van der Waals surface area contributed by atoms with Crippen LogP contribution in [-0.4, -0.2) is 73.0 Å². The van der Waals surface area contributed by atoms with E-state index in [-0.39, 0.29) is 0 Å². The van der Waals surface area contributed by atoms with Gasteiger partial charge in [0, 0.05) is 63.1 Å². The summed E-state index contributed by atoms with van der Waals surface area (Å²) in [7, 11) is 3.86. The summed E-state index contributed by atoms with van der Waals surface area (Å²) in [5.74, 6) is 0.827. The molecule has 1 aliphatic heterocycles. The van der Waals surface area contributed by atoms with Crippen molar-refractivity contribution >= 4 is 11.6 Å². The zero-order chi connectivity index (χ0) is 21.6. The topological polar surface area (TPSA) is 45.6 Å². The molecule has 3 aromatic rings. The lowest BCUT2D eigenvalue weighted by molar-refractivity contribution is 0.154. The number of hydrogen-bond donors (Lipinski definition) is 1. The van der Waals surface area contributed by atoms with E-state index in [0.717, 1.165) is 74.1 Å². The van der Waals surface area contributed by atoms with E-state index in [4.69, 9.17) is 21.4 Å². The number of likely N-dealkylation sites (N-methyl/N-ethyl adjacent to an activating group) is 1. The minimum absolute atomic E-state index is 0.709. The number of nitrogens with zero attached hydrogens (tertiary/aromatic N) is 4. The minimum atomic E-state index is 0.709. The Kier molecular flexibility index (Phi) is 7.25. The Balaban J connectivity index is 1.49. The van der Waals surface area contributed by atoms with Gasteiger partial charge in [0.1, 0.15) is 5.75 Å². The number of nitrogens with one attached hydrogen (secondary N) is 1. The maximum Gasteiger partial charge on any atom is 0.119 e. The minimum Gasteiger partial charge on any atom is -0.497 e. The Morgan fingerprint density at radius 1 is 1.03 bits per heavy atom. The van der Waals surface area contributed by atoms with Crippen molar-refractivity contribution in [3.63, 3.8) is 0 Å². The molecule has 31 heavy (non-hydrogen) atoms. The third kappa shape index (κ3) is 5.46. The first-order valence-corrected chi connectivity index (χ1v) is 11.1. The molecule has 0 radical (unpaired) electrons. The van der Waals surface area contributed by atoms with E-state index < -0.39 is 0 Å². The van der Waals surface area contributed by atoms with Gasteiger partial charge in [-0.3, -0.25) is 4.90 Å². The van der Waals surface area contributed by atoms with Crippen LogP contribution in [0, 0.1) is 0 Å². The molecule has 1 aliphatic rings. The number of methoxy groups -OCH3 is 1. The smallest absolute Gasteiger partial charge is 0.119 e. The highest BCUT2D eigenvalue weighted by atomic mass is 35.5. The molecular formula is C24H30ClN5O. The van der Waals surface area contributed by atoms with E-state index in [9.17, 15) is 0 Å². The number of aromatic nitrogens is 2. The molecule has 1 aromatic heterocycles. The van der Waals surface area contributed by atoms with Gasteiger partial charge < -0.3 is 15.0 Å². The third-order valence-corrected chi connectivity index (χ3v) is 6.10. The van der Waals surface area contributed by atoms with Crippen LogP contribution >= 0.6 is 11.6 Å². The van der Waals surface area contributed by atoms with E-state index in [2.05, 4.69) is 28.4 Å². The highest BCUT2D eigenvalue weighted by molar-refractivity contribution is 6.33. The zero-order valence-electron chi connectivity index (χ0n) is 18.2. The van der Waals surface area contributed by atoms with Crippen LogP contribution < -0.4 is 10.1 Å². The van der Waals surface area contributed by atoms with E-state index in [1.54, 1.807) is 7.11 Å². The van der Waals surface area contributed by atoms with Crippen molar-refractivity contribution in [2.75, 3.05) is 53.4 Å². The van der Waals surface area contributed by atoms with Crippen LogP contribution in [-0.2, 0) is 6.54 Å². The van der Waals surface area contributed by atoms with Crippen molar-refractivity contribution in [2.45, 2.75) is 6.54 Å². The van der Waals surface area contributed by atoms with Crippen molar-refractivity contribution in [3.8, 4) is 22.7 Å². The maximum atomic E-state index is 6.50. The van der Waals surface area contributed by atoms with E-state index in [1.165, 1.54) is 0 Å². The van der Waals surface area contributed by atoms with Gasteiger partial charge in [-0.1, -0.05) is 29.8 Å². The van der Waals surface area contributed by atoms with E-state index in [1.807, 2.05) is 53.2 Å². The van der Waals surface area contributed by atoms with Crippen LogP contribution in [0.5, 0.6) is 5.75 Å². The molecule has 2 heterocycles. The van der Waals surface area contributed by atoms with Crippen LogP contribution in [0.25, 0.3) is 16.9 Å². The second-order valence-electron chi connectivity index (χ2n) is 7.95. The van der Waals surface area contributed by atoms with Crippen molar-refractivity contribution in [2.24, 2.45) is 0 Å². The lowest BCUT2D eigenvalue weighted by Gasteiger charge is -2.32. The quantitative estimate of drug-likeness (QED) is 0.544. The Labute approximate surface area is 189 Å². The number of benzene rings is 2. The number of rotatable bonds is 8. The normalized spacial score (nSPS) is 15.3. The maximum absolute atomic E-state index is 6.50. The molecular weight excluding hydrogens is 410 g/mol. The second-order valence-corrected chi connectivity index (χ2v) is 8.35. The van der Waals surface area contributed by atoms with Crippen LogP contribution in [0.15, 0.2) is 54.7 Å². The van der Waals surface area contributed by atoms with E-state index >= 15 is 0 Å². The average molecular weight is 440 g/mol. The number of ether oxygens (including phenoxy) is 1. The van der Waals surface area contributed by atoms with Crippen LogP contribution in [0.4, 0.5) is 0 Å². The van der Waals surface area contributed by atoms with Crippen molar-refractivity contribution < 1.29 is 4.74 Å². The fraction of sp³-hybridized carbons (Fsp3) is 0.375. The molecule has 164 valence electrons. The van der Waals surface area contributed by atoms with Crippen LogP contribution in [0.3, 0.4) is 0 Å². The highest BCUT2D eigenvalue weighted by Gasteiger charge is 2.16. The molecule has 0 atom stereocenters. The predicted octanol–water partition coefficient (Wildman–Crippen LogP) is 3.54. The van der Waals surface area contributed by atoms with Crippen LogP contribution in [0.1, 0.15) is 5.56 Å². The van der Waals surface area contributed by atoms with Crippen molar-refractivity contribution in [3.05, 3.63) is 65.3 Å². The molecule has 1 fully saturated rings. The lowest BCUT2D eigenvalue weighted by Crippen LogP contribution is -2.46. The first-order chi connectivity index (χ1) is 15.1. The van der Waals surface area contributed by atoms with Crippen LogP contribution in [0.2, 0.25) is 5.02 Å². The monoisotopic (exact) mass is 439 g/mol. The fourth-order valence-corrected chi connectivity index (χ4v) is 4.04. The van der Waals surface area contributed by atoms with Gasteiger partial charge in [-0.15, -0.1) is 0 Å². The summed E-state index contributed by atoms with van der Waals surface area (Å²) in [5, 5.41) is 9.19. The Bertz CT molecular complexity index is 980. The molecule has 0 unspecified atom stereocenters. The van der Waals surface area contributed by atoms with Gasteiger partial charge in [0.15, 0.2) is 0 Å². The molecule has 6 nitrogen and oxygen atoms in total. The SMILES string of the molecule is COc1ccc(-n2cc(CNCCN3CCN(C)CC3)c(-c3ccccc3Cl)n2)cc1. The molecule has 4 rings (SSSR count). The standard InChI is InChI=1S/C24H30ClN5O/c1-28-13-15-29(16-14-28)12-11-26-17-19-18-30(20-7-9-21(31-2)10-8-20)27-24(19)22-5-3-4-6-23(22)25/h3-10,18,26H,11-17H2,1-2H3. The van der Waals surface area contributed by atoms with Gasteiger partial charge in [-0.05, 0) is 37.4 Å². The number of hydrogen-bond acceptors (Lipinski definition) is 5. The Morgan fingerprint density at radius 2 is 1.77 bits per heavy atom. The Morgan fingerprint density at radius 3 is 2.48 bits per heavy atom. The number of piperazine rings is 1. The first-order valence-electron chi connectivity index (χ1n) is 10.7. The van der Waals surface area contributed by atoms with Gasteiger partial charge in [-0.25, -0.2) is 4.68 Å². The second kappa shape index (κ2) is 10.3. The van der Waals surface area contributed by atoms with Gasteiger partial charge in [0.05, 0.1) is 23.5 Å². The molecule has 0 spiro atoms. The molecule has 0 bridgehead atoms. The summed E-state index contributed by atoms with van der Waals surface area (Å²) in [5.41, 5.74) is 3.97. The molecule has 1 N–H and O–H groups in total. The van der Waals surface area contributed by atoms with Gasteiger partial charge in [0.25, 0.3) is 0 Å². The Hall–Kier alpha value is -2.38. The van der Waals surface area contributed by atoms with Gasteiger partial charge >= 0.3 is 0 Å². The molecule has 0 amide bonds. The lowest BCUT2D eigenvalue weighted by atomic mass is 10.1. The fourth-order valence-electron chi connectivity index (χ4n) is 3.82. The molecule has 1 saturated heterocycles. The third-order valence-electron chi connectivity index (χ3n) is 5.77. The van der Waals surface area contributed by atoms with Crippen molar-refractivity contribution in [1.29, 1.82) is 0 Å². The van der Waals surface area contributed by atoms with Gasteiger partial charge in [0.2, 0.25) is 0 Å². The summed E-state index contributed by atoms with van der Waals surface area (Å²) in [6.07, 6.45) is 2.09. The average Bonchev–Trinajstić information content (AvgIpc) is 3.22. The first kappa shape index (κ1) is 21.8. The van der Waals surface area contributed by atoms with Gasteiger partial charge in [-0.2, -0.15) is 5.10 Å². The summed E-state index contributed by atoms with van der Waals surface area (Å²) in [6, 6.07) is 15.8. The summed E-state index contributed by atoms with van der Waals surface area (Å²) < 4.78 is 7.19.